The third kappa shape index (κ3) is 6.99. The molecule has 0 aliphatic carbocycles. The number of carbonyl (C=O) groups excluding carboxylic acids is 1. The molecule has 4 aromatic rings. The summed E-state index contributed by atoms with van der Waals surface area (Å²) in [6, 6.07) is 23.2. The van der Waals surface area contributed by atoms with E-state index in [9.17, 15) is 4.79 Å². The molecule has 0 fully saturated rings. The van der Waals surface area contributed by atoms with Crippen molar-refractivity contribution < 1.29 is 23.7 Å². The summed E-state index contributed by atoms with van der Waals surface area (Å²) in [5.74, 6) is 2.27. The lowest BCUT2D eigenvalue weighted by molar-refractivity contribution is 0.0947. The Morgan fingerprint density at radius 1 is 0.900 bits per heavy atom. The predicted molar refractivity (Wildman–Crippen MR) is 155 cm³/mol. The van der Waals surface area contributed by atoms with Crippen LogP contribution in [-0.4, -0.2) is 63.9 Å². The van der Waals surface area contributed by atoms with Gasteiger partial charge in [-0.05, 0) is 36.2 Å². The molecule has 0 atom stereocenters. The van der Waals surface area contributed by atoms with E-state index >= 15 is 0 Å². The lowest BCUT2D eigenvalue weighted by atomic mass is 10.0. The van der Waals surface area contributed by atoms with E-state index in [1.165, 1.54) is 5.56 Å². The van der Waals surface area contributed by atoms with E-state index in [-0.39, 0.29) is 5.91 Å². The highest BCUT2D eigenvalue weighted by Gasteiger charge is 2.21. The summed E-state index contributed by atoms with van der Waals surface area (Å²) < 4.78 is 22.3. The van der Waals surface area contributed by atoms with Crippen molar-refractivity contribution in [3.63, 3.8) is 0 Å². The molecule has 0 unspecified atom stereocenters. The number of benzene rings is 3. The Bertz CT molecular complexity index is 1370. The smallest absolute Gasteiger partial charge is 0.255 e. The third-order valence-corrected chi connectivity index (χ3v) is 6.28. The SMILES string of the molecule is COc1cc(-c2nc(N(C)CCc3ccccc3)ncc2C(=O)NCCOc2ccccc2)cc(OC)c1OC. The minimum absolute atomic E-state index is 0.307. The van der Waals surface area contributed by atoms with E-state index in [0.717, 1.165) is 12.2 Å². The molecule has 0 aliphatic heterocycles. The van der Waals surface area contributed by atoms with Crippen LogP contribution in [0.15, 0.2) is 79.0 Å². The number of likely N-dealkylation sites (N-methyl/N-ethyl adjacent to an activating group) is 1. The summed E-state index contributed by atoms with van der Waals surface area (Å²) in [5.41, 5.74) is 2.60. The number of hydrogen-bond donors (Lipinski definition) is 1. The van der Waals surface area contributed by atoms with Crippen molar-refractivity contribution in [1.29, 1.82) is 0 Å². The normalized spacial score (nSPS) is 10.5. The maximum atomic E-state index is 13.3. The molecule has 1 amide bonds. The van der Waals surface area contributed by atoms with Crippen molar-refractivity contribution in [3.8, 4) is 34.3 Å². The zero-order valence-corrected chi connectivity index (χ0v) is 23.2. The van der Waals surface area contributed by atoms with Gasteiger partial charge in [-0.15, -0.1) is 0 Å². The quantitative estimate of drug-likeness (QED) is 0.244. The first-order valence-electron chi connectivity index (χ1n) is 12.9. The monoisotopic (exact) mass is 542 g/mol. The maximum absolute atomic E-state index is 13.3. The van der Waals surface area contributed by atoms with Crippen LogP contribution in [-0.2, 0) is 6.42 Å². The summed E-state index contributed by atoms with van der Waals surface area (Å²) in [6.45, 7) is 1.32. The molecule has 208 valence electrons. The highest BCUT2D eigenvalue weighted by atomic mass is 16.5. The molecular weight excluding hydrogens is 508 g/mol. The van der Waals surface area contributed by atoms with Crippen molar-refractivity contribution in [2.24, 2.45) is 0 Å². The molecule has 1 N–H and O–H groups in total. The first-order valence-corrected chi connectivity index (χ1v) is 12.9. The van der Waals surface area contributed by atoms with Crippen LogP contribution < -0.4 is 29.2 Å². The lowest BCUT2D eigenvalue weighted by Gasteiger charge is -2.20. The molecule has 4 rings (SSSR count). The van der Waals surface area contributed by atoms with Gasteiger partial charge in [-0.25, -0.2) is 9.97 Å². The highest BCUT2D eigenvalue weighted by Crippen LogP contribution is 2.41. The van der Waals surface area contributed by atoms with Crippen molar-refractivity contribution >= 4 is 11.9 Å². The third-order valence-electron chi connectivity index (χ3n) is 6.28. The van der Waals surface area contributed by atoms with E-state index in [1.807, 2.05) is 60.5 Å². The Balaban J connectivity index is 1.61. The second kappa shape index (κ2) is 13.8. The standard InChI is InChI=1S/C31H34N4O5/c1-35(17-15-22-11-7-5-8-12-22)31-33-21-25(30(36)32-16-18-40-24-13-9-6-10-14-24)28(34-31)23-19-26(37-2)29(39-4)27(20-23)38-3/h5-14,19-21H,15-18H2,1-4H3,(H,32,36). The van der Waals surface area contributed by atoms with Gasteiger partial charge in [0.25, 0.3) is 5.91 Å². The van der Waals surface area contributed by atoms with Crippen LogP contribution in [0.25, 0.3) is 11.3 Å². The number of nitrogens with zero attached hydrogens (tertiary/aromatic N) is 3. The van der Waals surface area contributed by atoms with Gasteiger partial charge in [0.15, 0.2) is 11.5 Å². The van der Waals surface area contributed by atoms with Crippen molar-refractivity contribution in [1.82, 2.24) is 15.3 Å². The van der Waals surface area contributed by atoms with Gasteiger partial charge in [-0.2, -0.15) is 0 Å². The summed E-state index contributed by atoms with van der Waals surface area (Å²) in [4.78, 5) is 24.6. The van der Waals surface area contributed by atoms with E-state index in [1.54, 1.807) is 39.7 Å². The number of nitrogens with one attached hydrogen (secondary N) is 1. The van der Waals surface area contributed by atoms with Crippen LogP contribution in [0, 0.1) is 0 Å². The fraction of sp³-hybridized carbons (Fsp3) is 0.258. The summed E-state index contributed by atoms with van der Waals surface area (Å²) in [6.07, 6.45) is 2.37. The number of hydrogen-bond acceptors (Lipinski definition) is 8. The number of aromatic nitrogens is 2. The van der Waals surface area contributed by atoms with Gasteiger partial charge in [0.1, 0.15) is 12.4 Å². The number of carbonyl (C=O) groups is 1. The van der Waals surface area contributed by atoms with Crippen molar-refractivity contribution in [2.75, 3.05) is 53.0 Å². The predicted octanol–water partition coefficient (Wildman–Crippen LogP) is 4.66. The van der Waals surface area contributed by atoms with Crippen LogP contribution >= 0.6 is 0 Å². The second-order valence-electron chi connectivity index (χ2n) is 8.92. The minimum Gasteiger partial charge on any atom is -0.493 e. The molecular formula is C31H34N4O5. The maximum Gasteiger partial charge on any atom is 0.255 e. The summed E-state index contributed by atoms with van der Waals surface area (Å²) in [7, 11) is 6.56. The zero-order valence-electron chi connectivity index (χ0n) is 23.2. The largest absolute Gasteiger partial charge is 0.493 e. The molecule has 3 aromatic carbocycles. The van der Waals surface area contributed by atoms with Gasteiger partial charge in [-0.1, -0.05) is 48.5 Å². The molecule has 1 heterocycles. The van der Waals surface area contributed by atoms with E-state index in [4.69, 9.17) is 23.9 Å². The molecule has 9 nitrogen and oxygen atoms in total. The van der Waals surface area contributed by atoms with Gasteiger partial charge < -0.3 is 29.2 Å². The highest BCUT2D eigenvalue weighted by molar-refractivity contribution is 6.00. The Kier molecular flexibility index (Phi) is 9.77. The van der Waals surface area contributed by atoms with E-state index in [0.29, 0.717) is 59.7 Å². The molecule has 0 spiro atoms. The van der Waals surface area contributed by atoms with Crippen LogP contribution in [0.5, 0.6) is 23.0 Å². The summed E-state index contributed by atoms with van der Waals surface area (Å²) >= 11 is 0. The molecule has 0 radical (unpaired) electrons. The van der Waals surface area contributed by atoms with Gasteiger partial charge in [-0.3, -0.25) is 4.79 Å². The van der Waals surface area contributed by atoms with E-state index in [2.05, 4.69) is 22.4 Å². The van der Waals surface area contributed by atoms with Gasteiger partial charge in [0, 0.05) is 25.4 Å². The first-order chi connectivity index (χ1) is 19.5. The van der Waals surface area contributed by atoms with Crippen molar-refractivity contribution in [3.05, 3.63) is 90.1 Å². The first kappa shape index (κ1) is 28.2. The number of anilines is 1. The molecule has 0 aliphatic rings. The number of para-hydroxylation sites is 1. The number of rotatable bonds is 13. The fourth-order valence-corrected chi connectivity index (χ4v) is 4.15. The Morgan fingerprint density at radius 3 is 2.17 bits per heavy atom. The molecule has 0 saturated heterocycles. The number of ether oxygens (including phenoxy) is 4. The van der Waals surface area contributed by atoms with Crippen LogP contribution in [0.1, 0.15) is 15.9 Å². The Labute approximate surface area is 234 Å². The molecule has 9 heteroatoms. The Hall–Kier alpha value is -4.79. The fourth-order valence-electron chi connectivity index (χ4n) is 4.15. The second-order valence-corrected chi connectivity index (χ2v) is 8.92. The summed E-state index contributed by atoms with van der Waals surface area (Å²) in [5, 5.41) is 2.91. The lowest BCUT2D eigenvalue weighted by Crippen LogP contribution is -2.29. The average molecular weight is 543 g/mol. The topological polar surface area (TPSA) is 95.0 Å². The number of methoxy groups -OCH3 is 3. The van der Waals surface area contributed by atoms with Crippen LogP contribution in [0.2, 0.25) is 0 Å². The van der Waals surface area contributed by atoms with Crippen LogP contribution in [0.4, 0.5) is 5.95 Å². The molecule has 1 aromatic heterocycles. The molecule has 40 heavy (non-hydrogen) atoms. The van der Waals surface area contributed by atoms with Crippen molar-refractivity contribution in [2.45, 2.75) is 6.42 Å². The van der Waals surface area contributed by atoms with Gasteiger partial charge in [0.05, 0.1) is 39.1 Å². The molecule has 0 saturated carbocycles. The zero-order chi connectivity index (χ0) is 28.3. The van der Waals surface area contributed by atoms with Gasteiger partial charge >= 0.3 is 0 Å². The van der Waals surface area contributed by atoms with E-state index < -0.39 is 0 Å². The van der Waals surface area contributed by atoms with Gasteiger partial charge in [0.2, 0.25) is 11.7 Å². The average Bonchev–Trinajstić information content (AvgIpc) is 3.01. The minimum atomic E-state index is -0.320. The Morgan fingerprint density at radius 2 is 1.55 bits per heavy atom. The number of amides is 1. The molecule has 0 bridgehead atoms. The van der Waals surface area contributed by atoms with Crippen LogP contribution in [0.3, 0.4) is 0 Å².